The number of ether oxygens (including phenoxy) is 1. The minimum absolute atomic E-state index is 0.203. The molecule has 1 aromatic rings. The SMILES string of the molecule is COc1cc(C)c2c(c1)CC(C(=O)O)C(=O)N2. The second kappa shape index (κ2) is 4.08. The van der Waals surface area contributed by atoms with Gasteiger partial charge in [-0.1, -0.05) is 0 Å². The van der Waals surface area contributed by atoms with Crippen molar-refractivity contribution in [2.45, 2.75) is 13.3 Å². The summed E-state index contributed by atoms with van der Waals surface area (Å²) in [5.41, 5.74) is 2.37. The Morgan fingerprint density at radius 2 is 2.24 bits per heavy atom. The normalized spacial score (nSPS) is 18.2. The molecule has 1 amide bonds. The minimum Gasteiger partial charge on any atom is -0.497 e. The number of aliphatic carboxylic acids is 1. The van der Waals surface area contributed by atoms with Crippen molar-refractivity contribution < 1.29 is 19.4 Å². The van der Waals surface area contributed by atoms with Gasteiger partial charge in [-0.3, -0.25) is 9.59 Å². The Morgan fingerprint density at radius 3 is 2.82 bits per heavy atom. The number of rotatable bonds is 2. The van der Waals surface area contributed by atoms with Crippen molar-refractivity contribution in [3.05, 3.63) is 23.3 Å². The largest absolute Gasteiger partial charge is 0.497 e. The monoisotopic (exact) mass is 235 g/mol. The van der Waals surface area contributed by atoms with Gasteiger partial charge in [-0.15, -0.1) is 0 Å². The number of carboxylic acid groups (broad SMARTS) is 1. The molecule has 1 aliphatic heterocycles. The number of amides is 1. The summed E-state index contributed by atoms with van der Waals surface area (Å²) >= 11 is 0. The zero-order chi connectivity index (χ0) is 12.6. The summed E-state index contributed by atoms with van der Waals surface area (Å²) in [5.74, 6) is -1.91. The van der Waals surface area contributed by atoms with Crippen molar-refractivity contribution in [2.24, 2.45) is 5.92 Å². The van der Waals surface area contributed by atoms with Crippen LogP contribution >= 0.6 is 0 Å². The van der Waals surface area contributed by atoms with E-state index in [4.69, 9.17) is 9.84 Å². The Balaban J connectivity index is 2.45. The van der Waals surface area contributed by atoms with Crippen LogP contribution in [0.5, 0.6) is 5.75 Å². The van der Waals surface area contributed by atoms with Crippen LogP contribution in [0.1, 0.15) is 11.1 Å². The highest BCUT2D eigenvalue weighted by Crippen LogP contribution is 2.32. The van der Waals surface area contributed by atoms with E-state index in [0.717, 1.165) is 11.1 Å². The van der Waals surface area contributed by atoms with Gasteiger partial charge in [-0.25, -0.2) is 0 Å². The smallest absolute Gasteiger partial charge is 0.316 e. The topological polar surface area (TPSA) is 75.6 Å². The number of carbonyl (C=O) groups excluding carboxylic acids is 1. The van der Waals surface area contributed by atoms with Crippen LogP contribution in [0.15, 0.2) is 12.1 Å². The number of hydrogen-bond donors (Lipinski definition) is 2. The van der Waals surface area contributed by atoms with Crippen molar-refractivity contribution in [3.63, 3.8) is 0 Å². The molecule has 1 unspecified atom stereocenters. The standard InChI is InChI=1S/C12H13NO4/c1-6-3-8(17-2)4-7-5-9(12(15)16)11(14)13-10(6)7/h3-4,9H,5H2,1-2H3,(H,13,14)(H,15,16). The van der Waals surface area contributed by atoms with Crippen molar-refractivity contribution in [2.75, 3.05) is 12.4 Å². The van der Waals surface area contributed by atoms with Gasteiger partial charge in [0, 0.05) is 5.69 Å². The molecule has 90 valence electrons. The molecule has 0 aromatic heterocycles. The van der Waals surface area contributed by atoms with Gasteiger partial charge in [0.15, 0.2) is 0 Å². The van der Waals surface area contributed by atoms with Crippen LogP contribution in [-0.2, 0) is 16.0 Å². The quantitative estimate of drug-likeness (QED) is 0.755. The van der Waals surface area contributed by atoms with Crippen molar-refractivity contribution in [3.8, 4) is 5.75 Å². The van der Waals surface area contributed by atoms with Gasteiger partial charge >= 0.3 is 5.97 Å². The van der Waals surface area contributed by atoms with E-state index in [1.54, 1.807) is 19.2 Å². The molecular formula is C12H13NO4. The Morgan fingerprint density at radius 1 is 1.53 bits per heavy atom. The third-order valence-electron chi connectivity index (χ3n) is 2.91. The Labute approximate surface area is 98.4 Å². The van der Waals surface area contributed by atoms with Gasteiger partial charge in [0.2, 0.25) is 5.91 Å². The first-order chi connectivity index (χ1) is 8.02. The van der Waals surface area contributed by atoms with Crippen LogP contribution in [0.25, 0.3) is 0 Å². The fourth-order valence-corrected chi connectivity index (χ4v) is 2.00. The van der Waals surface area contributed by atoms with Crippen molar-refractivity contribution >= 4 is 17.6 Å². The third-order valence-corrected chi connectivity index (χ3v) is 2.91. The number of carboxylic acids is 1. The van der Waals surface area contributed by atoms with Crippen LogP contribution < -0.4 is 10.1 Å². The molecule has 1 atom stereocenters. The summed E-state index contributed by atoms with van der Waals surface area (Å²) in [6, 6.07) is 3.57. The molecule has 17 heavy (non-hydrogen) atoms. The molecule has 0 radical (unpaired) electrons. The maximum Gasteiger partial charge on any atom is 0.316 e. The summed E-state index contributed by atoms with van der Waals surface area (Å²) in [6.07, 6.45) is 0.203. The van der Waals surface area contributed by atoms with Crippen LogP contribution in [0.4, 0.5) is 5.69 Å². The lowest BCUT2D eigenvalue weighted by atomic mass is 9.91. The van der Waals surface area contributed by atoms with Crippen LogP contribution in [0.3, 0.4) is 0 Å². The number of fused-ring (bicyclic) bond motifs is 1. The fourth-order valence-electron chi connectivity index (χ4n) is 2.00. The van der Waals surface area contributed by atoms with E-state index < -0.39 is 17.8 Å². The number of carbonyl (C=O) groups is 2. The van der Waals surface area contributed by atoms with Crippen LogP contribution in [0, 0.1) is 12.8 Å². The summed E-state index contributed by atoms with van der Waals surface area (Å²) in [7, 11) is 1.55. The van der Waals surface area contributed by atoms with Gasteiger partial charge in [-0.05, 0) is 36.6 Å². The number of hydrogen-bond acceptors (Lipinski definition) is 3. The average Bonchev–Trinajstić information content (AvgIpc) is 2.28. The van der Waals surface area contributed by atoms with Gasteiger partial charge < -0.3 is 15.2 Å². The number of nitrogens with one attached hydrogen (secondary N) is 1. The number of anilines is 1. The van der Waals surface area contributed by atoms with E-state index in [9.17, 15) is 9.59 Å². The molecule has 0 spiro atoms. The maximum absolute atomic E-state index is 11.6. The van der Waals surface area contributed by atoms with E-state index in [0.29, 0.717) is 11.4 Å². The first-order valence-electron chi connectivity index (χ1n) is 5.24. The van der Waals surface area contributed by atoms with E-state index >= 15 is 0 Å². The molecule has 0 bridgehead atoms. The molecule has 1 aliphatic rings. The van der Waals surface area contributed by atoms with Gasteiger partial charge in [-0.2, -0.15) is 0 Å². The summed E-state index contributed by atoms with van der Waals surface area (Å²) in [5, 5.41) is 11.6. The highest BCUT2D eigenvalue weighted by atomic mass is 16.5. The Bertz CT molecular complexity index is 496. The lowest BCUT2D eigenvalue weighted by Gasteiger charge is -2.24. The molecule has 5 nitrogen and oxygen atoms in total. The molecule has 0 saturated carbocycles. The number of methoxy groups -OCH3 is 1. The first-order valence-corrected chi connectivity index (χ1v) is 5.24. The number of benzene rings is 1. The van der Waals surface area contributed by atoms with E-state index in [2.05, 4.69) is 5.32 Å². The minimum atomic E-state index is -1.10. The molecule has 1 aromatic carbocycles. The van der Waals surface area contributed by atoms with E-state index in [-0.39, 0.29) is 6.42 Å². The molecule has 2 N–H and O–H groups in total. The molecular weight excluding hydrogens is 222 g/mol. The Kier molecular flexibility index (Phi) is 2.75. The predicted molar refractivity (Wildman–Crippen MR) is 61.2 cm³/mol. The van der Waals surface area contributed by atoms with Gasteiger partial charge in [0.05, 0.1) is 7.11 Å². The fraction of sp³-hybridized carbons (Fsp3) is 0.333. The molecule has 0 aliphatic carbocycles. The zero-order valence-corrected chi connectivity index (χ0v) is 9.61. The Hall–Kier alpha value is -2.04. The van der Waals surface area contributed by atoms with Crippen molar-refractivity contribution in [1.82, 2.24) is 0 Å². The highest BCUT2D eigenvalue weighted by Gasteiger charge is 2.32. The molecule has 0 fully saturated rings. The van der Waals surface area contributed by atoms with Crippen molar-refractivity contribution in [1.29, 1.82) is 0 Å². The van der Waals surface area contributed by atoms with Crippen LogP contribution in [-0.4, -0.2) is 24.1 Å². The first kappa shape index (κ1) is 11.4. The lowest BCUT2D eigenvalue weighted by Crippen LogP contribution is -2.35. The van der Waals surface area contributed by atoms with E-state index in [1.807, 2.05) is 6.92 Å². The molecule has 0 saturated heterocycles. The van der Waals surface area contributed by atoms with Crippen LogP contribution in [0.2, 0.25) is 0 Å². The second-order valence-electron chi connectivity index (χ2n) is 4.06. The maximum atomic E-state index is 11.6. The average molecular weight is 235 g/mol. The summed E-state index contributed by atoms with van der Waals surface area (Å²) in [6.45, 7) is 1.85. The van der Waals surface area contributed by atoms with Gasteiger partial charge in [0.1, 0.15) is 11.7 Å². The molecule has 5 heteroatoms. The lowest BCUT2D eigenvalue weighted by molar-refractivity contribution is -0.145. The zero-order valence-electron chi connectivity index (χ0n) is 9.61. The second-order valence-corrected chi connectivity index (χ2v) is 4.06. The van der Waals surface area contributed by atoms with E-state index in [1.165, 1.54) is 0 Å². The highest BCUT2D eigenvalue weighted by molar-refractivity contribution is 6.07. The van der Waals surface area contributed by atoms with Gasteiger partial charge in [0.25, 0.3) is 0 Å². The molecule has 2 rings (SSSR count). The predicted octanol–water partition coefficient (Wildman–Crippen LogP) is 1.20. The number of aryl methyl sites for hydroxylation is 1. The molecule has 1 heterocycles. The summed E-state index contributed by atoms with van der Waals surface area (Å²) in [4.78, 5) is 22.5. The third kappa shape index (κ3) is 1.95. The summed E-state index contributed by atoms with van der Waals surface area (Å²) < 4.78 is 5.12.